The highest BCUT2D eigenvalue weighted by atomic mass is 35.5. The highest BCUT2D eigenvalue weighted by Crippen LogP contribution is 2.38. The van der Waals surface area contributed by atoms with Gasteiger partial charge in [0.05, 0.1) is 12.1 Å². The van der Waals surface area contributed by atoms with E-state index in [1.807, 2.05) is 19.1 Å². The molecule has 0 unspecified atom stereocenters. The number of imide groups is 1. The lowest BCUT2D eigenvalue weighted by Crippen LogP contribution is -2.73. The quantitative estimate of drug-likeness (QED) is 0.524. The number of alkyl halides is 2. The van der Waals surface area contributed by atoms with Crippen molar-refractivity contribution in [2.24, 2.45) is 0 Å². The van der Waals surface area contributed by atoms with Gasteiger partial charge in [-0.3, -0.25) is 19.4 Å². The van der Waals surface area contributed by atoms with Crippen LogP contribution in [0.25, 0.3) is 0 Å². The van der Waals surface area contributed by atoms with Crippen LogP contribution in [0.3, 0.4) is 0 Å². The van der Waals surface area contributed by atoms with Gasteiger partial charge in [-0.15, -0.1) is 11.6 Å². The molecule has 1 aliphatic heterocycles. The molecule has 4 amide bonds. The van der Waals surface area contributed by atoms with Gasteiger partial charge in [-0.1, -0.05) is 54.9 Å². The molecule has 6 nitrogen and oxygen atoms in total. The maximum atomic E-state index is 13.5. The molecule has 0 aliphatic carbocycles. The van der Waals surface area contributed by atoms with Crippen molar-refractivity contribution in [1.29, 1.82) is 0 Å². The van der Waals surface area contributed by atoms with E-state index in [4.69, 9.17) is 23.2 Å². The zero-order valence-corrected chi connectivity index (χ0v) is 18.2. The fraction of sp³-hybridized carbons (Fsp3) is 0.318. The first-order valence-electron chi connectivity index (χ1n) is 9.69. The van der Waals surface area contributed by atoms with Crippen molar-refractivity contribution in [2.75, 3.05) is 16.1 Å². The first kappa shape index (κ1) is 22.1. The van der Waals surface area contributed by atoms with E-state index in [1.165, 1.54) is 4.90 Å². The van der Waals surface area contributed by atoms with Gasteiger partial charge in [-0.05, 0) is 37.6 Å². The lowest BCUT2D eigenvalue weighted by Gasteiger charge is -2.48. The molecule has 1 aliphatic rings. The molecule has 1 heterocycles. The van der Waals surface area contributed by atoms with E-state index in [-0.39, 0.29) is 5.88 Å². The predicted molar refractivity (Wildman–Crippen MR) is 119 cm³/mol. The molecule has 0 aromatic heterocycles. The number of hydrogen-bond donors (Lipinski definition) is 1. The van der Waals surface area contributed by atoms with Gasteiger partial charge < -0.3 is 5.32 Å². The van der Waals surface area contributed by atoms with Gasteiger partial charge in [0.1, 0.15) is 0 Å². The molecular weight excluding hydrogens is 425 g/mol. The van der Waals surface area contributed by atoms with Crippen LogP contribution in [0.5, 0.6) is 0 Å². The lowest BCUT2D eigenvalue weighted by atomic mass is 9.91. The lowest BCUT2D eigenvalue weighted by molar-refractivity contribution is -0.139. The van der Waals surface area contributed by atoms with E-state index in [0.717, 1.165) is 4.90 Å². The molecule has 2 aromatic rings. The summed E-state index contributed by atoms with van der Waals surface area (Å²) in [6.07, 6.45) is 0.436. The SMILES string of the molecule is CC[C@H](CCl)N1C(=O)N(c2ccccc2)[C@H](C)[C@](Cl)(C(=O)Nc2ccccc2)C1=O. The van der Waals surface area contributed by atoms with E-state index in [1.54, 1.807) is 55.5 Å². The molecule has 158 valence electrons. The molecular formula is C22H23Cl2N3O3. The van der Waals surface area contributed by atoms with Crippen molar-refractivity contribution in [3.63, 3.8) is 0 Å². The zero-order chi connectivity index (χ0) is 21.9. The Labute approximate surface area is 185 Å². The van der Waals surface area contributed by atoms with Crippen LogP contribution < -0.4 is 10.2 Å². The number of halogens is 2. The fourth-order valence-electron chi connectivity index (χ4n) is 3.54. The highest BCUT2D eigenvalue weighted by Gasteiger charge is 2.60. The number of rotatable bonds is 6. The predicted octanol–water partition coefficient (Wildman–Crippen LogP) is 4.48. The van der Waals surface area contributed by atoms with Crippen molar-refractivity contribution in [2.45, 2.75) is 37.2 Å². The summed E-state index contributed by atoms with van der Waals surface area (Å²) in [7, 11) is 0. The van der Waals surface area contributed by atoms with Crippen LogP contribution in [0.2, 0.25) is 0 Å². The minimum atomic E-state index is -2.03. The molecule has 0 bridgehead atoms. The number of urea groups is 1. The van der Waals surface area contributed by atoms with E-state index in [9.17, 15) is 14.4 Å². The molecule has 1 fully saturated rings. The first-order valence-corrected chi connectivity index (χ1v) is 10.6. The summed E-state index contributed by atoms with van der Waals surface area (Å²) < 4.78 is 0. The molecule has 1 saturated heterocycles. The normalized spacial score (nSPS) is 22.7. The van der Waals surface area contributed by atoms with Crippen LogP contribution in [0.15, 0.2) is 60.7 Å². The molecule has 3 rings (SSSR count). The summed E-state index contributed by atoms with van der Waals surface area (Å²) in [5.41, 5.74) is 1.04. The molecule has 0 spiro atoms. The standard InChI is InChI=1S/C22H23Cl2N3O3/c1-3-17(14-23)27-20(29)22(24,19(28)25-16-10-6-4-7-11-16)15(2)26(21(27)30)18-12-8-5-9-13-18/h4-13,15,17H,3,14H2,1-2H3,(H,25,28)/t15-,17-,22+/m1/s1. The number of carbonyl (C=O) groups excluding carboxylic acids is 3. The number of nitrogens with one attached hydrogen (secondary N) is 1. The van der Waals surface area contributed by atoms with Crippen LogP contribution in [-0.2, 0) is 9.59 Å². The Hall–Kier alpha value is -2.57. The summed E-state index contributed by atoms with van der Waals surface area (Å²) in [5.74, 6) is -1.43. The van der Waals surface area contributed by atoms with Gasteiger partial charge in [0.2, 0.25) is 4.87 Å². The topological polar surface area (TPSA) is 69.7 Å². The largest absolute Gasteiger partial charge is 0.331 e. The average Bonchev–Trinajstić information content (AvgIpc) is 2.76. The molecule has 0 radical (unpaired) electrons. The number of anilines is 2. The number of para-hydroxylation sites is 2. The summed E-state index contributed by atoms with van der Waals surface area (Å²) in [4.78, 5) is 40.5. The van der Waals surface area contributed by atoms with Gasteiger partial charge >= 0.3 is 6.03 Å². The molecule has 30 heavy (non-hydrogen) atoms. The van der Waals surface area contributed by atoms with Crippen molar-refractivity contribution in [3.05, 3.63) is 60.7 Å². The Kier molecular flexibility index (Phi) is 6.68. The average molecular weight is 448 g/mol. The van der Waals surface area contributed by atoms with Crippen molar-refractivity contribution < 1.29 is 14.4 Å². The zero-order valence-electron chi connectivity index (χ0n) is 16.7. The maximum Gasteiger partial charge on any atom is 0.331 e. The first-order chi connectivity index (χ1) is 14.4. The Morgan fingerprint density at radius 3 is 2.20 bits per heavy atom. The van der Waals surface area contributed by atoms with Gasteiger partial charge in [0.15, 0.2) is 0 Å². The fourth-order valence-corrected chi connectivity index (χ4v) is 4.13. The third-order valence-electron chi connectivity index (χ3n) is 5.32. The second-order valence-electron chi connectivity index (χ2n) is 7.09. The van der Waals surface area contributed by atoms with E-state index >= 15 is 0 Å². The van der Waals surface area contributed by atoms with Gasteiger partial charge in [-0.2, -0.15) is 0 Å². The van der Waals surface area contributed by atoms with Gasteiger partial charge in [-0.25, -0.2) is 4.79 Å². The smallest absolute Gasteiger partial charge is 0.324 e. The number of benzene rings is 2. The number of amides is 4. The van der Waals surface area contributed by atoms with E-state index in [2.05, 4.69) is 5.32 Å². The third-order valence-corrected chi connectivity index (χ3v) is 6.32. The minimum Gasteiger partial charge on any atom is -0.324 e. The summed E-state index contributed by atoms with van der Waals surface area (Å²) in [5, 5.41) is 2.71. The van der Waals surface area contributed by atoms with Crippen LogP contribution in [0, 0.1) is 0 Å². The summed E-state index contributed by atoms with van der Waals surface area (Å²) in [6, 6.07) is 15.5. The molecule has 0 saturated carbocycles. The highest BCUT2D eigenvalue weighted by molar-refractivity contribution is 6.50. The molecule has 2 aromatic carbocycles. The van der Waals surface area contributed by atoms with Crippen LogP contribution in [-0.4, -0.2) is 45.6 Å². The van der Waals surface area contributed by atoms with Gasteiger partial charge in [0, 0.05) is 17.3 Å². The molecule has 8 heteroatoms. The van der Waals surface area contributed by atoms with Crippen LogP contribution in [0.1, 0.15) is 20.3 Å². The second-order valence-corrected chi connectivity index (χ2v) is 7.99. The van der Waals surface area contributed by atoms with E-state index in [0.29, 0.717) is 17.8 Å². The van der Waals surface area contributed by atoms with Gasteiger partial charge in [0.25, 0.3) is 11.8 Å². The number of nitrogens with zero attached hydrogens (tertiary/aromatic N) is 2. The monoisotopic (exact) mass is 447 g/mol. The Balaban J connectivity index is 2.08. The number of carbonyl (C=O) groups is 3. The minimum absolute atomic E-state index is 0.0399. The maximum absolute atomic E-state index is 13.5. The summed E-state index contributed by atoms with van der Waals surface area (Å²) in [6.45, 7) is 3.41. The summed E-state index contributed by atoms with van der Waals surface area (Å²) >= 11 is 12.9. The Bertz CT molecular complexity index is 922. The Morgan fingerprint density at radius 2 is 1.67 bits per heavy atom. The van der Waals surface area contributed by atoms with Crippen molar-refractivity contribution >= 4 is 52.4 Å². The molecule has 1 N–H and O–H groups in total. The van der Waals surface area contributed by atoms with Crippen LogP contribution >= 0.6 is 23.2 Å². The number of hydrogen-bond acceptors (Lipinski definition) is 3. The van der Waals surface area contributed by atoms with Crippen molar-refractivity contribution in [3.8, 4) is 0 Å². The Morgan fingerprint density at radius 1 is 1.10 bits per heavy atom. The molecule has 3 atom stereocenters. The third kappa shape index (κ3) is 3.77. The second kappa shape index (κ2) is 9.06. The van der Waals surface area contributed by atoms with Crippen LogP contribution in [0.4, 0.5) is 16.2 Å². The van der Waals surface area contributed by atoms with Crippen molar-refractivity contribution in [1.82, 2.24) is 4.90 Å². The van der Waals surface area contributed by atoms with E-state index < -0.39 is 34.8 Å².